The molecule has 1 aromatic rings. The summed E-state index contributed by atoms with van der Waals surface area (Å²) >= 11 is 0. The highest BCUT2D eigenvalue weighted by Gasteiger charge is 2.49. The normalized spacial score (nSPS) is 35.6. The number of aliphatic hydroxyl groups is 3. The topological polar surface area (TPSA) is 128 Å². The second-order valence-electron chi connectivity index (χ2n) is 5.81. The van der Waals surface area contributed by atoms with E-state index in [4.69, 9.17) is 9.47 Å². The zero-order chi connectivity index (χ0) is 15.6. The first-order chi connectivity index (χ1) is 10.5. The van der Waals surface area contributed by atoms with E-state index in [0.717, 1.165) is 0 Å². The van der Waals surface area contributed by atoms with E-state index in [1.165, 1.54) is 0 Å². The number of carbonyl (C=O) groups excluding carboxylic acids is 1. The number of phenols is 1. The van der Waals surface area contributed by atoms with E-state index in [1.807, 2.05) is 0 Å². The van der Waals surface area contributed by atoms with E-state index >= 15 is 0 Å². The fourth-order valence-corrected chi connectivity index (χ4v) is 3.57. The number of aromatic hydroxyl groups is 1. The highest BCUT2D eigenvalue weighted by Crippen LogP contribution is 2.49. The highest BCUT2D eigenvalue weighted by atomic mass is 16.7. The zero-order valence-electron chi connectivity index (χ0n) is 11.4. The first-order valence-electron chi connectivity index (χ1n) is 6.99. The van der Waals surface area contributed by atoms with Crippen LogP contribution in [0.1, 0.15) is 28.3 Å². The van der Waals surface area contributed by atoms with E-state index in [0.29, 0.717) is 5.56 Å². The van der Waals surface area contributed by atoms with Gasteiger partial charge in [-0.3, -0.25) is 4.79 Å². The third-order valence-corrected chi connectivity index (χ3v) is 4.60. The summed E-state index contributed by atoms with van der Waals surface area (Å²) in [7, 11) is 0. The predicted octanol–water partition coefficient (Wildman–Crippen LogP) is -1.20. The maximum Gasteiger partial charge on any atom is 0.255 e. The minimum Gasteiger partial charge on any atom is -0.504 e. The van der Waals surface area contributed by atoms with Gasteiger partial charge in [0.25, 0.3) is 5.91 Å². The van der Waals surface area contributed by atoms with Gasteiger partial charge in [0.15, 0.2) is 11.5 Å². The lowest BCUT2D eigenvalue weighted by molar-refractivity contribution is -0.0793. The Morgan fingerprint density at radius 1 is 1.18 bits per heavy atom. The molecule has 0 spiro atoms. The predicted molar refractivity (Wildman–Crippen MR) is 70.9 cm³/mol. The van der Waals surface area contributed by atoms with E-state index in [-0.39, 0.29) is 36.0 Å². The Morgan fingerprint density at radius 2 is 1.95 bits per heavy atom. The molecule has 1 aliphatic carbocycles. The molecule has 5 N–H and O–H groups in total. The molecule has 2 heterocycles. The third kappa shape index (κ3) is 1.65. The summed E-state index contributed by atoms with van der Waals surface area (Å²) in [6, 6.07) is 0.708. The molecule has 0 saturated heterocycles. The van der Waals surface area contributed by atoms with Crippen molar-refractivity contribution in [3.8, 4) is 17.2 Å². The Morgan fingerprint density at radius 3 is 2.73 bits per heavy atom. The molecule has 3 aliphatic rings. The van der Waals surface area contributed by atoms with Crippen LogP contribution in [0.5, 0.6) is 17.2 Å². The SMILES string of the molecule is O=C1N[C@@H]2C(c3cc4c(c(O)c31)OCO4)[C@@H](O)C[C@@H](O)[C@H]2O. The molecular weight excluding hydrogens is 294 g/mol. The van der Waals surface area contributed by atoms with Crippen LogP contribution in [0.4, 0.5) is 0 Å². The molecular formula is C14H15NO7. The van der Waals surface area contributed by atoms with Gasteiger partial charge in [-0.25, -0.2) is 0 Å². The summed E-state index contributed by atoms with van der Waals surface area (Å²) in [5.74, 6) is -1.19. The van der Waals surface area contributed by atoms with Crippen LogP contribution in [0.2, 0.25) is 0 Å². The smallest absolute Gasteiger partial charge is 0.255 e. The number of hydrogen-bond donors (Lipinski definition) is 5. The molecule has 22 heavy (non-hydrogen) atoms. The van der Waals surface area contributed by atoms with Crippen molar-refractivity contribution in [2.75, 3.05) is 6.79 Å². The van der Waals surface area contributed by atoms with E-state index in [1.54, 1.807) is 6.07 Å². The standard InChI is InChI=1S/C14H15NO7/c16-5-2-6(17)11(18)10-8(5)4-1-7-13(22-3-21-7)12(19)9(4)14(20)15-10/h1,5-6,8,10-11,16-19H,2-3H2,(H,15,20)/t5-,6+,8?,10+,11+/m0/s1. The van der Waals surface area contributed by atoms with Gasteiger partial charge < -0.3 is 35.2 Å². The highest BCUT2D eigenvalue weighted by molar-refractivity contribution is 6.01. The summed E-state index contributed by atoms with van der Waals surface area (Å²) in [5, 5.41) is 43.0. The number of amides is 1. The molecule has 0 radical (unpaired) electrons. The lowest BCUT2D eigenvalue weighted by Crippen LogP contribution is -2.61. The molecule has 1 fully saturated rings. The number of fused-ring (bicyclic) bond motifs is 4. The van der Waals surface area contributed by atoms with E-state index < -0.39 is 36.2 Å². The lowest BCUT2D eigenvalue weighted by atomic mass is 9.71. The number of phenolic OH excluding ortho intramolecular Hbond substituents is 1. The number of nitrogens with one attached hydrogen (secondary N) is 1. The van der Waals surface area contributed by atoms with Crippen LogP contribution in [0, 0.1) is 0 Å². The average Bonchev–Trinajstić information content (AvgIpc) is 2.93. The van der Waals surface area contributed by atoms with Crippen molar-refractivity contribution in [3.05, 3.63) is 17.2 Å². The summed E-state index contributed by atoms with van der Waals surface area (Å²) in [6.07, 6.45) is -3.31. The van der Waals surface area contributed by atoms with Crippen LogP contribution in [0.15, 0.2) is 6.07 Å². The van der Waals surface area contributed by atoms with Crippen LogP contribution in [-0.2, 0) is 0 Å². The van der Waals surface area contributed by atoms with Crippen LogP contribution in [0.3, 0.4) is 0 Å². The molecule has 2 aliphatic heterocycles. The molecule has 1 amide bonds. The average molecular weight is 309 g/mol. The molecule has 5 atom stereocenters. The second kappa shape index (κ2) is 4.48. The van der Waals surface area contributed by atoms with Crippen molar-refractivity contribution < 1.29 is 34.7 Å². The van der Waals surface area contributed by atoms with Crippen LogP contribution in [0.25, 0.3) is 0 Å². The fourth-order valence-electron chi connectivity index (χ4n) is 3.57. The van der Waals surface area contributed by atoms with Crippen LogP contribution < -0.4 is 14.8 Å². The van der Waals surface area contributed by atoms with Crippen molar-refractivity contribution in [1.82, 2.24) is 5.32 Å². The van der Waals surface area contributed by atoms with Gasteiger partial charge in [0.2, 0.25) is 12.5 Å². The largest absolute Gasteiger partial charge is 0.504 e. The number of ether oxygens (including phenoxy) is 2. The Balaban J connectivity index is 1.90. The molecule has 0 aromatic heterocycles. The minimum absolute atomic E-state index is 0.00754. The summed E-state index contributed by atoms with van der Waals surface area (Å²) in [6.45, 7) is -0.0641. The Labute approximate surface area is 124 Å². The number of hydrogen-bond acceptors (Lipinski definition) is 7. The van der Waals surface area contributed by atoms with Gasteiger partial charge >= 0.3 is 0 Å². The quantitative estimate of drug-likeness (QED) is 0.407. The van der Waals surface area contributed by atoms with Gasteiger partial charge in [-0.1, -0.05) is 0 Å². The van der Waals surface area contributed by atoms with Crippen LogP contribution in [-0.4, -0.2) is 57.5 Å². The Bertz CT molecular complexity index is 661. The first-order valence-corrected chi connectivity index (χ1v) is 6.99. The molecule has 8 nitrogen and oxygen atoms in total. The number of rotatable bonds is 0. The first kappa shape index (κ1) is 13.6. The third-order valence-electron chi connectivity index (χ3n) is 4.60. The van der Waals surface area contributed by atoms with Gasteiger partial charge in [0.05, 0.1) is 23.8 Å². The van der Waals surface area contributed by atoms with Crippen molar-refractivity contribution in [3.63, 3.8) is 0 Å². The zero-order valence-corrected chi connectivity index (χ0v) is 11.4. The molecule has 8 heteroatoms. The summed E-state index contributed by atoms with van der Waals surface area (Å²) in [5.41, 5.74) is 0.391. The molecule has 0 bridgehead atoms. The maximum absolute atomic E-state index is 12.3. The maximum atomic E-state index is 12.3. The monoisotopic (exact) mass is 309 g/mol. The summed E-state index contributed by atoms with van der Waals surface area (Å²) < 4.78 is 10.4. The van der Waals surface area contributed by atoms with Crippen LogP contribution >= 0.6 is 0 Å². The number of aliphatic hydroxyl groups excluding tert-OH is 3. The fraction of sp³-hybridized carbons (Fsp3) is 0.500. The number of carbonyl (C=O) groups is 1. The van der Waals surface area contributed by atoms with Gasteiger partial charge in [-0.05, 0) is 11.6 Å². The molecule has 4 rings (SSSR count). The summed E-state index contributed by atoms with van der Waals surface area (Å²) in [4.78, 5) is 12.3. The van der Waals surface area contributed by atoms with Crippen molar-refractivity contribution >= 4 is 5.91 Å². The number of benzene rings is 1. The van der Waals surface area contributed by atoms with Crippen molar-refractivity contribution in [2.45, 2.75) is 36.7 Å². The second-order valence-corrected chi connectivity index (χ2v) is 5.81. The lowest BCUT2D eigenvalue weighted by Gasteiger charge is -2.45. The molecule has 1 aromatic carbocycles. The van der Waals surface area contributed by atoms with Gasteiger partial charge in [0.1, 0.15) is 6.10 Å². The minimum atomic E-state index is -1.20. The Hall–Kier alpha value is -2.03. The molecule has 1 unspecified atom stereocenters. The molecule has 1 saturated carbocycles. The van der Waals surface area contributed by atoms with Crippen molar-refractivity contribution in [2.24, 2.45) is 0 Å². The van der Waals surface area contributed by atoms with E-state index in [2.05, 4.69) is 5.32 Å². The van der Waals surface area contributed by atoms with Gasteiger partial charge in [0, 0.05) is 12.3 Å². The van der Waals surface area contributed by atoms with E-state index in [9.17, 15) is 25.2 Å². The van der Waals surface area contributed by atoms with Crippen molar-refractivity contribution in [1.29, 1.82) is 0 Å². The van der Waals surface area contributed by atoms with Gasteiger partial charge in [-0.2, -0.15) is 0 Å². The molecule has 118 valence electrons. The van der Waals surface area contributed by atoms with Gasteiger partial charge in [-0.15, -0.1) is 0 Å². The Kier molecular flexibility index (Phi) is 2.77.